The second kappa shape index (κ2) is 17.7. The van der Waals surface area contributed by atoms with Gasteiger partial charge in [0, 0.05) is 17.7 Å². The number of esters is 1. The van der Waals surface area contributed by atoms with Gasteiger partial charge in [0.25, 0.3) is 0 Å². The van der Waals surface area contributed by atoms with Gasteiger partial charge in [-0.25, -0.2) is 14.6 Å². The van der Waals surface area contributed by atoms with Crippen molar-refractivity contribution in [1.29, 1.82) is 0 Å². The Morgan fingerprint density at radius 3 is 2.93 bits per heavy atom. The lowest BCUT2D eigenvalue weighted by Crippen LogP contribution is -2.51. The second-order valence-corrected chi connectivity index (χ2v) is 13.8. The molecule has 0 unspecified atom stereocenters. The number of nitrogens with zero attached hydrogens (tertiary/aromatic N) is 2. The van der Waals surface area contributed by atoms with E-state index in [9.17, 15) is 19.2 Å². The van der Waals surface area contributed by atoms with Crippen molar-refractivity contribution < 1.29 is 28.7 Å². The molecule has 246 valence electrons. The predicted octanol–water partition coefficient (Wildman–Crippen LogP) is 4.47. The molecule has 0 saturated carbocycles. The minimum Gasteiger partial charge on any atom is -0.456 e. The first kappa shape index (κ1) is 35.0. The largest absolute Gasteiger partial charge is 0.456 e. The molecule has 4 bridgehead atoms. The molecule has 0 spiro atoms. The predicted molar refractivity (Wildman–Crippen MR) is 180 cm³/mol. The van der Waals surface area contributed by atoms with Crippen LogP contribution in [0.1, 0.15) is 81.8 Å². The van der Waals surface area contributed by atoms with E-state index in [0.717, 1.165) is 32.1 Å². The number of nitrogens with one attached hydrogen (secondary N) is 3. The molecule has 4 rings (SSSR count). The molecule has 11 nitrogen and oxygen atoms in total. The van der Waals surface area contributed by atoms with Crippen LogP contribution in [-0.4, -0.2) is 75.7 Å². The molecule has 1 aromatic rings. The van der Waals surface area contributed by atoms with E-state index < -0.39 is 29.7 Å². The minimum atomic E-state index is -1.09. The lowest BCUT2D eigenvalue weighted by molar-refractivity contribution is -0.152. The van der Waals surface area contributed by atoms with Crippen LogP contribution in [0.2, 0.25) is 0 Å². The third-order valence-electron chi connectivity index (χ3n) is 7.61. The highest BCUT2D eigenvalue weighted by Crippen LogP contribution is 2.32. The summed E-state index contributed by atoms with van der Waals surface area (Å²) in [6.07, 6.45) is 13.0. The van der Waals surface area contributed by atoms with Crippen LogP contribution in [0.4, 0.5) is 4.79 Å². The van der Waals surface area contributed by atoms with Gasteiger partial charge in [-0.15, -0.1) is 23.1 Å². The zero-order chi connectivity index (χ0) is 32.1. The fourth-order valence-electron chi connectivity index (χ4n) is 5.03. The number of cyclic esters (lactones) is 1. The number of thiazole rings is 1. The number of alkyl carbamates (subject to hydrolysis) is 1. The standard InChI is InChI=1S/C31H43N5O6S3/c1-31-20-45-27(36-31)24-19-44-26(34-24)18-33-25(37)17-22(13-8-10-16-43)41-28(38)23(35-29(31)39)14-7-9-15-32-30(40)42-21-11-5-3-2-4-6-12-21/h2-3,8,13,19,21-23,43H,4-7,9-12,14-18,20H2,1H3,(H,32,40)(H,33,37)(H,35,39)/b3-2+,13-8+/t21-,22-,23+,31+/m1/s1. The smallest absolute Gasteiger partial charge is 0.407 e. The van der Waals surface area contributed by atoms with Crippen molar-refractivity contribution in [2.24, 2.45) is 4.99 Å². The Labute approximate surface area is 278 Å². The molecule has 14 heteroatoms. The monoisotopic (exact) mass is 677 g/mol. The molecule has 1 aromatic heterocycles. The highest BCUT2D eigenvalue weighted by molar-refractivity contribution is 8.14. The van der Waals surface area contributed by atoms with Crippen LogP contribution >= 0.6 is 35.7 Å². The molecule has 0 aromatic carbocycles. The van der Waals surface area contributed by atoms with Crippen molar-refractivity contribution in [3.05, 3.63) is 40.4 Å². The van der Waals surface area contributed by atoms with Gasteiger partial charge in [0.2, 0.25) is 11.8 Å². The van der Waals surface area contributed by atoms with E-state index in [1.165, 1.54) is 23.1 Å². The Morgan fingerprint density at radius 2 is 2.09 bits per heavy atom. The summed E-state index contributed by atoms with van der Waals surface area (Å²) < 4.78 is 11.4. The van der Waals surface area contributed by atoms with Gasteiger partial charge < -0.3 is 25.4 Å². The van der Waals surface area contributed by atoms with Gasteiger partial charge in [-0.05, 0) is 76.5 Å². The van der Waals surface area contributed by atoms with E-state index in [2.05, 4.69) is 45.7 Å². The van der Waals surface area contributed by atoms with E-state index in [1.807, 2.05) is 11.5 Å². The fourth-order valence-corrected chi connectivity index (χ4v) is 7.10. The number of rotatable bonds is 9. The van der Waals surface area contributed by atoms with E-state index in [0.29, 0.717) is 53.1 Å². The maximum atomic E-state index is 13.5. The maximum absolute atomic E-state index is 13.5. The van der Waals surface area contributed by atoms with Crippen LogP contribution in [0.5, 0.6) is 0 Å². The second-order valence-electron chi connectivity index (χ2n) is 11.5. The van der Waals surface area contributed by atoms with E-state index in [-0.39, 0.29) is 37.3 Å². The van der Waals surface area contributed by atoms with Crippen molar-refractivity contribution in [2.75, 3.05) is 18.1 Å². The lowest BCUT2D eigenvalue weighted by atomic mass is 10.0. The third-order valence-corrected chi connectivity index (χ3v) is 9.99. The lowest BCUT2D eigenvalue weighted by Gasteiger charge is -2.25. The number of aliphatic imine (C=N–C) groups is 1. The normalized spacial score (nSPS) is 27.0. The van der Waals surface area contributed by atoms with Gasteiger partial charge in [0.05, 0.1) is 13.0 Å². The van der Waals surface area contributed by atoms with Gasteiger partial charge in [0.15, 0.2) is 0 Å². The molecule has 0 saturated heterocycles. The Bertz CT molecular complexity index is 1280. The first-order chi connectivity index (χ1) is 21.8. The molecule has 3 heterocycles. The van der Waals surface area contributed by atoms with Crippen LogP contribution in [0.3, 0.4) is 0 Å². The van der Waals surface area contributed by atoms with Crippen molar-refractivity contribution in [1.82, 2.24) is 20.9 Å². The van der Waals surface area contributed by atoms with Crippen LogP contribution in [0.15, 0.2) is 34.7 Å². The summed E-state index contributed by atoms with van der Waals surface area (Å²) in [4.78, 5) is 61.5. The molecule has 1 aliphatic carbocycles. The summed E-state index contributed by atoms with van der Waals surface area (Å²) in [6.45, 7) is 2.35. The first-order valence-electron chi connectivity index (χ1n) is 15.6. The van der Waals surface area contributed by atoms with Crippen LogP contribution < -0.4 is 16.0 Å². The summed E-state index contributed by atoms with van der Waals surface area (Å²) in [5, 5.41) is 11.8. The van der Waals surface area contributed by atoms with Crippen LogP contribution in [0.25, 0.3) is 0 Å². The molecule has 4 atom stereocenters. The number of hydrogen-bond donors (Lipinski definition) is 4. The Kier molecular flexibility index (Phi) is 13.8. The number of unbranched alkanes of at least 4 members (excludes halogenated alkanes) is 1. The van der Waals surface area contributed by atoms with Gasteiger partial charge in [-0.1, -0.05) is 18.2 Å². The SMILES string of the molecule is C[C@@]12CSC(=N1)c1csc(n1)CNC(=O)C[C@@H](/C=C/CCS)OC(=O)[C@H](CCCCNC(=O)O[C@@H]1CC/C=C/CCC1)NC2=O. The van der Waals surface area contributed by atoms with Crippen LogP contribution in [-0.2, 0) is 30.4 Å². The maximum Gasteiger partial charge on any atom is 0.407 e. The summed E-state index contributed by atoms with van der Waals surface area (Å²) in [5.74, 6) is -0.298. The number of carbonyl (C=O) groups excluding carboxylic acids is 4. The number of allylic oxidation sites excluding steroid dienone is 3. The zero-order valence-corrected chi connectivity index (χ0v) is 28.2. The van der Waals surface area contributed by atoms with Crippen molar-refractivity contribution in [3.63, 3.8) is 0 Å². The van der Waals surface area contributed by atoms with E-state index in [4.69, 9.17) is 14.5 Å². The number of thiol groups is 1. The summed E-state index contributed by atoms with van der Waals surface area (Å²) in [6, 6.07) is -0.962. The fraction of sp³-hybridized carbons (Fsp3) is 0.613. The molecule has 3 amide bonds. The highest BCUT2D eigenvalue weighted by atomic mass is 32.2. The highest BCUT2D eigenvalue weighted by Gasteiger charge is 2.41. The van der Waals surface area contributed by atoms with E-state index >= 15 is 0 Å². The number of aromatic nitrogens is 1. The number of amides is 3. The molecular weight excluding hydrogens is 635 g/mol. The average molecular weight is 678 g/mol. The number of fused-ring (bicyclic) bond motifs is 4. The number of ether oxygens (including phenoxy) is 2. The molecule has 0 radical (unpaired) electrons. The number of carbonyl (C=O) groups is 4. The number of hydrogen-bond acceptors (Lipinski definition) is 11. The summed E-state index contributed by atoms with van der Waals surface area (Å²) in [7, 11) is 0. The average Bonchev–Trinajstić information content (AvgIpc) is 3.63. The van der Waals surface area contributed by atoms with Gasteiger partial charge in [-0.2, -0.15) is 12.6 Å². The Morgan fingerprint density at radius 1 is 1.24 bits per heavy atom. The molecule has 3 N–H and O–H groups in total. The van der Waals surface area contributed by atoms with Gasteiger partial charge in [0.1, 0.15) is 39.5 Å². The summed E-state index contributed by atoms with van der Waals surface area (Å²) >= 11 is 7.06. The Balaban J connectivity index is 1.40. The summed E-state index contributed by atoms with van der Waals surface area (Å²) in [5.41, 5.74) is -0.420. The molecule has 3 aliphatic rings. The number of thioether (sulfide) groups is 1. The van der Waals surface area contributed by atoms with Crippen molar-refractivity contribution in [2.45, 2.75) is 101 Å². The van der Waals surface area contributed by atoms with Crippen molar-refractivity contribution >= 4 is 64.6 Å². The van der Waals surface area contributed by atoms with Gasteiger partial charge >= 0.3 is 12.1 Å². The molecular formula is C31H43N5O6S3. The van der Waals surface area contributed by atoms with Gasteiger partial charge in [-0.3, -0.25) is 14.6 Å². The molecule has 2 aliphatic heterocycles. The van der Waals surface area contributed by atoms with E-state index in [1.54, 1.807) is 13.0 Å². The van der Waals surface area contributed by atoms with Crippen LogP contribution in [0, 0.1) is 0 Å². The van der Waals surface area contributed by atoms with Crippen molar-refractivity contribution in [3.8, 4) is 0 Å². The third kappa shape index (κ3) is 11.2. The topological polar surface area (TPSA) is 148 Å². The first-order valence-corrected chi connectivity index (χ1v) is 18.1. The zero-order valence-electron chi connectivity index (χ0n) is 25.6. The quantitative estimate of drug-likeness (QED) is 0.130. The molecule has 0 fully saturated rings. The minimum absolute atomic E-state index is 0.0721. The Hall–Kier alpha value is -2.84. The molecule has 45 heavy (non-hydrogen) atoms.